The Hall–Kier alpha value is -2.91. The summed E-state index contributed by atoms with van der Waals surface area (Å²) in [6, 6.07) is 26.8. The molecular formula is C28H29NO2. The fraction of sp³-hybridized carbons (Fsp3) is 0.321. The number of hydrogen-bond acceptors (Lipinski definition) is 2. The van der Waals surface area contributed by atoms with Crippen molar-refractivity contribution in [1.82, 2.24) is 4.90 Å². The van der Waals surface area contributed by atoms with Crippen molar-refractivity contribution in [3.8, 4) is 0 Å². The summed E-state index contributed by atoms with van der Waals surface area (Å²) < 4.78 is 0. The van der Waals surface area contributed by atoms with Crippen LogP contribution < -0.4 is 0 Å². The number of carbonyl (C=O) groups is 1. The normalized spacial score (nSPS) is 19.3. The second-order valence-electron chi connectivity index (χ2n) is 8.98. The van der Waals surface area contributed by atoms with E-state index >= 15 is 0 Å². The summed E-state index contributed by atoms with van der Waals surface area (Å²) in [6.45, 7) is 2.46. The van der Waals surface area contributed by atoms with E-state index in [1.165, 1.54) is 33.4 Å². The van der Waals surface area contributed by atoms with Gasteiger partial charge in [-0.1, -0.05) is 72.8 Å². The molecule has 1 unspecified atom stereocenters. The van der Waals surface area contributed by atoms with E-state index in [0.717, 1.165) is 38.8 Å². The molecule has 1 aliphatic carbocycles. The van der Waals surface area contributed by atoms with Gasteiger partial charge in [0.1, 0.15) is 0 Å². The molecular weight excluding hydrogens is 382 g/mol. The highest BCUT2D eigenvalue weighted by Crippen LogP contribution is 2.39. The molecule has 3 heteroatoms. The van der Waals surface area contributed by atoms with Gasteiger partial charge in [-0.15, -0.1) is 0 Å². The van der Waals surface area contributed by atoms with E-state index < -0.39 is 5.97 Å². The number of carboxylic acids is 1. The Morgan fingerprint density at radius 1 is 0.871 bits per heavy atom. The summed E-state index contributed by atoms with van der Waals surface area (Å²) in [5.74, 6) is -0.631. The van der Waals surface area contributed by atoms with Crippen LogP contribution in [-0.2, 0) is 24.2 Å². The molecule has 3 aromatic carbocycles. The van der Waals surface area contributed by atoms with Crippen LogP contribution in [0.25, 0.3) is 0 Å². The molecule has 0 radical (unpaired) electrons. The molecule has 31 heavy (non-hydrogen) atoms. The molecule has 2 aliphatic rings. The third kappa shape index (κ3) is 4.15. The first-order valence-corrected chi connectivity index (χ1v) is 11.4. The smallest absolute Gasteiger partial charge is 0.307 e. The van der Waals surface area contributed by atoms with E-state index in [4.69, 9.17) is 0 Å². The van der Waals surface area contributed by atoms with Crippen molar-refractivity contribution < 1.29 is 9.90 Å². The highest BCUT2D eigenvalue weighted by molar-refractivity contribution is 5.70. The number of aryl methyl sites for hydroxylation is 2. The van der Waals surface area contributed by atoms with Gasteiger partial charge in [-0.3, -0.25) is 9.69 Å². The number of piperidine rings is 1. The van der Waals surface area contributed by atoms with E-state index in [-0.39, 0.29) is 11.8 Å². The molecule has 3 nitrogen and oxygen atoms in total. The first-order valence-electron chi connectivity index (χ1n) is 11.4. The van der Waals surface area contributed by atoms with Gasteiger partial charge in [-0.2, -0.15) is 0 Å². The molecule has 0 bridgehead atoms. The lowest BCUT2D eigenvalue weighted by atomic mass is 9.82. The molecule has 3 aromatic rings. The molecule has 1 atom stereocenters. The van der Waals surface area contributed by atoms with Crippen molar-refractivity contribution in [3.05, 3.63) is 106 Å². The highest BCUT2D eigenvalue weighted by atomic mass is 16.4. The van der Waals surface area contributed by atoms with Crippen LogP contribution in [0, 0.1) is 5.92 Å². The summed E-state index contributed by atoms with van der Waals surface area (Å²) in [4.78, 5) is 13.7. The number of likely N-dealkylation sites (tertiary alicyclic amines) is 1. The lowest BCUT2D eigenvalue weighted by Gasteiger charge is -2.30. The van der Waals surface area contributed by atoms with Crippen LogP contribution in [0.3, 0.4) is 0 Å². The average Bonchev–Trinajstić information content (AvgIpc) is 2.97. The maximum Gasteiger partial charge on any atom is 0.307 e. The SMILES string of the molecule is O=C(O)C1CCCN(Cc2ccc(C3c4ccccc4CCc4ccccc43)cc2)C1. The molecule has 1 heterocycles. The third-order valence-electron chi connectivity index (χ3n) is 6.97. The fourth-order valence-corrected chi connectivity index (χ4v) is 5.36. The Kier molecular flexibility index (Phi) is 5.61. The number of fused-ring (bicyclic) bond motifs is 2. The molecule has 1 N–H and O–H groups in total. The van der Waals surface area contributed by atoms with Gasteiger partial charge in [-0.25, -0.2) is 0 Å². The van der Waals surface area contributed by atoms with Crippen molar-refractivity contribution in [3.63, 3.8) is 0 Å². The molecule has 0 saturated carbocycles. The van der Waals surface area contributed by atoms with Gasteiger partial charge < -0.3 is 5.11 Å². The standard InChI is InChI=1S/C28H29NO2/c30-28(31)24-8-5-17-29(19-24)18-20-11-13-23(14-12-20)27-25-9-3-1-6-21(25)15-16-22-7-2-4-10-26(22)27/h1-4,6-7,9-14,24,27H,5,8,15-19H2,(H,30,31). The largest absolute Gasteiger partial charge is 0.481 e. The minimum Gasteiger partial charge on any atom is -0.481 e. The van der Waals surface area contributed by atoms with Crippen molar-refractivity contribution in [2.75, 3.05) is 13.1 Å². The lowest BCUT2D eigenvalue weighted by Crippen LogP contribution is -2.38. The Bertz CT molecular complexity index is 1020. The van der Waals surface area contributed by atoms with Crippen LogP contribution in [0.15, 0.2) is 72.8 Å². The summed E-state index contributed by atoms with van der Waals surface area (Å²) >= 11 is 0. The Morgan fingerprint density at radius 2 is 1.48 bits per heavy atom. The first-order chi connectivity index (χ1) is 15.2. The number of hydrogen-bond donors (Lipinski definition) is 1. The quantitative estimate of drug-likeness (QED) is 0.636. The zero-order valence-electron chi connectivity index (χ0n) is 17.8. The number of aliphatic carboxylic acids is 1. The average molecular weight is 412 g/mol. The van der Waals surface area contributed by atoms with Crippen LogP contribution in [0.5, 0.6) is 0 Å². The Morgan fingerprint density at radius 3 is 2.10 bits per heavy atom. The molecule has 1 aliphatic heterocycles. The molecule has 1 saturated heterocycles. The molecule has 158 valence electrons. The van der Waals surface area contributed by atoms with E-state index in [9.17, 15) is 9.90 Å². The first kappa shape index (κ1) is 20.0. The maximum atomic E-state index is 11.4. The van der Waals surface area contributed by atoms with Gasteiger partial charge in [0.2, 0.25) is 0 Å². The van der Waals surface area contributed by atoms with Crippen molar-refractivity contribution >= 4 is 5.97 Å². The number of benzene rings is 3. The third-order valence-corrected chi connectivity index (χ3v) is 6.97. The maximum absolute atomic E-state index is 11.4. The molecule has 1 fully saturated rings. The summed E-state index contributed by atoms with van der Waals surface area (Å²) in [7, 11) is 0. The van der Waals surface area contributed by atoms with Crippen LogP contribution in [-0.4, -0.2) is 29.1 Å². The Labute approximate surface area is 184 Å². The van der Waals surface area contributed by atoms with Crippen molar-refractivity contribution in [2.45, 2.75) is 38.1 Å². The second kappa shape index (κ2) is 8.68. The van der Waals surface area contributed by atoms with Crippen LogP contribution in [0.4, 0.5) is 0 Å². The zero-order valence-corrected chi connectivity index (χ0v) is 17.8. The fourth-order valence-electron chi connectivity index (χ4n) is 5.36. The van der Waals surface area contributed by atoms with Gasteiger partial charge in [0.15, 0.2) is 0 Å². The van der Waals surface area contributed by atoms with E-state index in [2.05, 4.69) is 77.7 Å². The second-order valence-corrected chi connectivity index (χ2v) is 8.98. The van der Waals surface area contributed by atoms with E-state index in [0.29, 0.717) is 6.54 Å². The highest BCUT2D eigenvalue weighted by Gasteiger charge is 2.26. The number of carboxylic acid groups (broad SMARTS) is 1. The van der Waals surface area contributed by atoms with Crippen LogP contribution >= 0.6 is 0 Å². The van der Waals surface area contributed by atoms with Gasteiger partial charge in [-0.05, 0) is 65.6 Å². The van der Waals surface area contributed by atoms with Gasteiger partial charge in [0.05, 0.1) is 5.92 Å². The summed E-state index contributed by atoms with van der Waals surface area (Å²) in [5, 5.41) is 9.36. The van der Waals surface area contributed by atoms with Gasteiger partial charge in [0.25, 0.3) is 0 Å². The molecule has 5 rings (SSSR count). The van der Waals surface area contributed by atoms with Crippen molar-refractivity contribution in [1.29, 1.82) is 0 Å². The zero-order chi connectivity index (χ0) is 21.2. The predicted octanol–water partition coefficient (Wildman–Crippen LogP) is 5.26. The predicted molar refractivity (Wildman–Crippen MR) is 123 cm³/mol. The van der Waals surface area contributed by atoms with Gasteiger partial charge in [0, 0.05) is 19.0 Å². The molecule has 0 spiro atoms. The molecule has 0 amide bonds. The number of nitrogens with zero attached hydrogens (tertiary/aromatic N) is 1. The van der Waals surface area contributed by atoms with E-state index in [1.54, 1.807) is 0 Å². The van der Waals surface area contributed by atoms with Gasteiger partial charge >= 0.3 is 5.97 Å². The topological polar surface area (TPSA) is 40.5 Å². The Balaban J connectivity index is 1.43. The minimum absolute atomic E-state index is 0.230. The monoisotopic (exact) mass is 411 g/mol. The lowest BCUT2D eigenvalue weighted by molar-refractivity contribution is -0.143. The van der Waals surface area contributed by atoms with E-state index in [1.807, 2.05) is 0 Å². The van der Waals surface area contributed by atoms with Crippen LogP contribution in [0.2, 0.25) is 0 Å². The molecule has 0 aromatic heterocycles. The number of rotatable bonds is 4. The summed E-state index contributed by atoms with van der Waals surface area (Å²) in [6.07, 6.45) is 3.93. The summed E-state index contributed by atoms with van der Waals surface area (Å²) in [5.41, 5.74) is 8.31. The van der Waals surface area contributed by atoms with Crippen molar-refractivity contribution in [2.24, 2.45) is 5.92 Å². The minimum atomic E-state index is -0.661. The van der Waals surface area contributed by atoms with Crippen LogP contribution in [0.1, 0.15) is 52.1 Å².